The molecule has 0 saturated heterocycles. The first kappa shape index (κ1) is 17.5. The van der Waals surface area contributed by atoms with Crippen molar-refractivity contribution in [1.29, 1.82) is 0 Å². The number of nitrogens with zero attached hydrogens (tertiary/aromatic N) is 3. The minimum atomic E-state index is -0.313. The Labute approximate surface area is 156 Å². The summed E-state index contributed by atoms with van der Waals surface area (Å²) in [6, 6.07) is 8.33. The Morgan fingerprint density at radius 2 is 2.12 bits per heavy atom. The fraction of sp³-hybridized carbons (Fsp3) is 0.250. The van der Waals surface area contributed by atoms with Crippen LogP contribution in [0.1, 0.15) is 18.9 Å². The van der Waals surface area contributed by atoms with Crippen LogP contribution in [-0.4, -0.2) is 14.8 Å². The van der Waals surface area contributed by atoms with Crippen molar-refractivity contribution in [3.8, 4) is 11.6 Å². The van der Waals surface area contributed by atoms with Crippen LogP contribution in [0.15, 0.2) is 44.6 Å². The van der Waals surface area contributed by atoms with Crippen LogP contribution in [0.5, 0.6) is 0 Å². The molecule has 1 aromatic carbocycles. The van der Waals surface area contributed by atoms with Crippen molar-refractivity contribution in [2.75, 3.05) is 0 Å². The SMILES string of the molecule is CCCn1c(SCc2c(F)cccc2Cl)nnc1-c1ccc(Br)o1. The number of hydrogen-bond donors (Lipinski definition) is 0. The normalized spacial score (nSPS) is 11.2. The molecule has 0 N–H and O–H groups in total. The number of thioether (sulfide) groups is 1. The average molecular weight is 431 g/mol. The highest BCUT2D eigenvalue weighted by molar-refractivity contribution is 9.10. The predicted molar refractivity (Wildman–Crippen MR) is 96.7 cm³/mol. The summed E-state index contributed by atoms with van der Waals surface area (Å²) in [6.07, 6.45) is 0.918. The van der Waals surface area contributed by atoms with Crippen molar-refractivity contribution >= 4 is 39.3 Å². The lowest BCUT2D eigenvalue weighted by Crippen LogP contribution is -2.02. The van der Waals surface area contributed by atoms with Gasteiger partial charge in [-0.1, -0.05) is 36.4 Å². The van der Waals surface area contributed by atoms with Gasteiger partial charge in [-0.2, -0.15) is 0 Å². The second-order valence-corrected chi connectivity index (χ2v) is 7.18. The first-order valence-corrected chi connectivity index (χ1v) is 9.50. The highest BCUT2D eigenvalue weighted by atomic mass is 79.9. The van der Waals surface area contributed by atoms with Crippen LogP contribution in [0.4, 0.5) is 4.39 Å². The van der Waals surface area contributed by atoms with Crippen molar-refractivity contribution in [3.63, 3.8) is 0 Å². The molecule has 126 valence electrons. The summed E-state index contributed by atoms with van der Waals surface area (Å²) in [5.41, 5.74) is 0.470. The van der Waals surface area contributed by atoms with Crippen molar-refractivity contribution in [2.24, 2.45) is 0 Å². The summed E-state index contributed by atoms with van der Waals surface area (Å²) in [4.78, 5) is 0. The molecule has 0 radical (unpaired) electrons. The lowest BCUT2D eigenvalue weighted by atomic mass is 10.2. The number of rotatable bonds is 6. The Balaban J connectivity index is 1.87. The van der Waals surface area contributed by atoms with Crippen LogP contribution in [0, 0.1) is 5.82 Å². The van der Waals surface area contributed by atoms with Crippen LogP contribution in [-0.2, 0) is 12.3 Å². The maximum Gasteiger partial charge on any atom is 0.200 e. The fourth-order valence-corrected chi connectivity index (χ4v) is 3.86. The minimum Gasteiger partial charge on any atom is -0.446 e. The summed E-state index contributed by atoms with van der Waals surface area (Å²) < 4.78 is 22.1. The lowest BCUT2D eigenvalue weighted by molar-refractivity contribution is 0.539. The van der Waals surface area contributed by atoms with Crippen LogP contribution in [0.3, 0.4) is 0 Å². The molecule has 0 amide bonds. The number of hydrogen-bond acceptors (Lipinski definition) is 4. The molecule has 4 nitrogen and oxygen atoms in total. The molecule has 0 bridgehead atoms. The second-order valence-electron chi connectivity index (χ2n) is 5.05. The number of furan rings is 1. The van der Waals surface area contributed by atoms with Crippen LogP contribution in [0.25, 0.3) is 11.6 Å². The smallest absolute Gasteiger partial charge is 0.200 e. The Morgan fingerprint density at radius 1 is 1.29 bits per heavy atom. The maximum atomic E-state index is 13.9. The van der Waals surface area contributed by atoms with Gasteiger partial charge in [0, 0.05) is 22.9 Å². The van der Waals surface area contributed by atoms with Crippen LogP contribution < -0.4 is 0 Å². The molecule has 24 heavy (non-hydrogen) atoms. The number of halogens is 3. The second kappa shape index (κ2) is 7.72. The molecular formula is C16H14BrClFN3OS. The van der Waals surface area contributed by atoms with E-state index in [0.29, 0.717) is 37.7 Å². The molecule has 0 aliphatic carbocycles. The number of aromatic nitrogens is 3. The quantitative estimate of drug-likeness (QED) is 0.464. The highest BCUT2D eigenvalue weighted by Gasteiger charge is 2.17. The molecule has 0 aliphatic rings. The zero-order chi connectivity index (χ0) is 17.1. The molecule has 0 fully saturated rings. The summed E-state index contributed by atoms with van der Waals surface area (Å²) in [5.74, 6) is 1.37. The molecule has 8 heteroatoms. The molecule has 0 saturated carbocycles. The zero-order valence-corrected chi connectivity index (χ0v) is 16.0. The van der Waals surface area contributed by atoms with Crippen molar-refractivity contribution in [3.05, 3.63) is 51.4 Å². The monoisotopic (exact) mass is 429 g/mol. The Kier molecular flexibility index (Phi) is 5.63. The van der Waals surface area contributed by atoms with Crippen LogP contribution in [0.2, 0.25) is 5.02 Å². The first-order chi connectivity index (χ1) is 11.6. The van der Waals surface area contributed by atoms with E-state index in [1.165, 1.54) is 17.8 Å². The molecule has 0 aliphatic heterocycles. The Morgan fingerprint density at radius 3 is 2.79 bits per heavy atom. The van der Waals surface area contributed by atoms with E-state index < -0.39 is 0 Å². The van der Waals surface area contributed by atoms with E-state index in [9.17, 15) is 4.39 Å². The third kappa shape index (κ3) is 3.68. The van der Waals surface area contributed by atoms with E-state index in [-0.39, 0.29) is 5.82 Å². The van der Waals surface area contributed by atoms with Gasteiger partial charge in [-0.25, -0.2) is 4.39 Å². The lowest BCUT2D eigenvalue weighted by Gasteiger charge is -2.08. The molecule has 2 aromatic heterocycles. The van der Waals surface area contributed by atoms with E-state index in [1.807, 2.05) is 16.7 Å². The van der Waals surface area contributed by atoms with Gasteiger partial charge in [0.25, 0.3) is 0 Å². The summed E-state index contributed by atoms with van der Waals surface area (Å²) >= 11 is 10.8. The van der Waals surface area contributed by atoms with Gasteiger partial charge in [0.2, 0.25) is 5.82 Å². The highest BCUT2D eigenvalue weighted by Crippen LogP contribution is 2.31. The molecule has 3 rings (SSSR count). The van der Waals surface area contributed by atoms with Gasteiger partial charge in [0.1, 0.15) is 5.82 Å². The molecule has 0 unspecified atom stereocenters. The topological polar surface area (TPSA) is 43.9 Å². The summed E-state index contributed by atoms with van der Waals surface area (Å²) in [7, 11) is 0. The van der Waals surface area contributed by atoms with Crippen LogP contribution >= 0.6 is 39.3 Å². The van der Waals surface area contributed by atoms with Gasteiger partial charge in [-0.15, -0.1) is 10.2 Å². The summed E-state index contributed by atoms with van der Waals surface area (Å²) in [5, 5.41) is 9.58. The molecular weight excluding hydrogens is 417 g/mol. The molecule has 2 heterocycles. The van der Waals surface area contributed by atoms with E-state index in [2.05, 4.69) is 33.1 Å². The third-order valence-electron chi connectivity index (χ3n) is 3.36. The van der Waals surface area contributed by atoms with Crippen molar-refractivity contribution < 1.29 is 8.81 Å². The Bertz CT molecular complexity index is 831. The first-order valence-electron chi connectivity index (χ1n) is 7.34. The zero-order valence-electron chi connectivity index (χ0n) is 12.8. The van der Waals surface area contributed by atoms with Crippen molar-refractivity contribution in [1.82, 2.24) is 14.8 Å². The minimum absolute atomic E-state index is 0.313. The van der Waals surface area contributed by atoms with E-state index >= 15 is 0 Å². The van der Waals surface area contributed by atoms with Gasteiger partial charge in [0.15, 0.2) is 15.6 Å². The van der Waals surface area contributed by atoms with E-state index in [0.717, 1.165) is 13.0 Å². The third-order valence-corrected chi connectivity index (χ3v) is 5.14. The van der Waals surface area contributed by atoms with Gasteiger partial charge >= 0.3 is 0 Å². The van der Waals surface area contributed by atoms with Gasteiger partial charge in [-0.05, 0) is 46.6 Å². The molecule has 3 aromatic rings. The fourth-order valence-electron chi connectivity index (χ4n) is 2.24. The standard InChI is InChI=1S/C16H14BrClFN3OS/c1-2-8-22-15(13-6-7-14(17)23-13)20-21-16(22)24-9-10-11(18)4-3-5-12(10)19/h3-7H,2,8-9H2,1H3. The van der Waals surface area contributed by atoms with Gasteiger partial charge < -0.3 is 4.42 Å². The Hall–Kier alpha value is -1.31. The van der Waals surface area contributed by atoms with E-state index in [4.69, 9.17) is 16.0 Å². The predicted octanol–water partition coefficient (Wildman–Crippen LogP) is 5.80. The largest absolute Gasteiger partial charge is 0.446 e. The van der Waals surface area contributed by atoms with E-state index in [1.54, 1.807) is 12.1 Å². The van der Waals surface area contributed by atoms with Gasteiger partial charge in [-0.3, -0.25) is 4.57 Å². The number of benzene rings is 1. The molecule has 0 atom stereocenters. The van der Waals surface area contributed by atoms with Crippen molar-refractivity contribution in [2.45, 2.75) is 30.8 Å². The summed E-state index contributed by atoms with van der Waals surface area (Å²) in [6.45, 7) is 2.82. The molecule has 0 spiro atoms. The van der Waals surface area contributed by atoms with Gasteiger partial charge in [0.05, 0.1) is 0 Å². The maximum absolute atomic E-state index is 13.9. The average Bonchev–Trinajstić information content (AvgIpc) is 3.14.